The number of carboxylic acid groups (broad SMARTS) is 1. The minimum absolute atomic E-state index is 0.0612. The number of nitrogens with two attached hydrogens (primary N) is 1. The molecule has 0 saturated heterocycles. The van der Waals surface area contributed by atoms with Crippen molar-refractivity contribution in [2.24, 2.45) is 11.7 Å². The van der Waals surface area contributed by atoms with Gasteiger partial charge in [-0.05, 0) is 23.6 Å². The number of carbonyl (C=O) groups excluding carboxylic acids is 2. The number of rotatable bonds is 5. The van der Waals surface area contributed by atoms with Crippen LogP contribution in [-0.4, -0.2) is 41.3 Å². The fraction of sp³-hybridized carbons (Fsp3) is 0.350. The van der Waals surface area contributed by atoms with Gasteiger partial charge in [-0.1, -0.05) is 44.2 Å². The second kappa shape index (κ2) is 11.1. The highest BCUT2D eigenvalue weighted by Gasteiger charge is 2.38. The first kappa shape index (κ1) is 24.9. The largest absolute Gasteiger partial charge is 0.490 e. The summed E-state index contributed by atoms with van der Waals surface area (Å²) in [5.41, 5.74) is 7.39. The highest BCUT2D eigenvalue weighted by atomic mass is 19.4. The molecule has 0 unspecified atom stereocenters. The van der Waals surface area contributed by atoms with Crippen LogP contribution in [0.4, 0.5) is 18.9 Å². The highest BCUT2D eigenvalue weighted by molar-refractivity contribution is 5.96. The Balaban J connectivity index is 0.000000553. The van der Waals surface area contributed by atoms with Gasteiger partial charge in [0.2, 0.25) is 5.91 Å². The minimum Gasteiger partial charge on any atom is -0.475 e. The van der Waals surface area contributed by atoms with Gasteiger partial charge in [0.1, 0.15) is 6.10 Å². The summed E-state index contributed by atoms with van der Waals surface area (Å²) in [6.45, 7) is 3.81. The number of hydrogen-bond donors (Lipinski definition) is 3. The van der Waals surface area contributed by atoms with Gasteiger partial charge >= 0.3 is 18.1 Å². The van der Waals surface area contributed by atoms with Crippen molar-refractivity contribution < 1.29 is 37.4 Å². The van der Waals surface area contributed by atoms with Crippen molar-refractivity contribution in [1.82, 2.24) is 0 Å². The summed E-state index contributed by atoms with van der Waals surface area (Å²) >= 11 is 0. The van der Waals surface area contributed by atoms with E-state index in [4.69, 9.17) is 20.4 Å². The molecule has 2 atom stereocenters. The number of alkyl halides is 3. The summed E-state index contributed by atoms with van der Waals surface area (Å²) in [7, 11) is 0. The van der Waals surface area contributed by atoms with Crippen molar-refractivity contribution in [1.29, 1.82) is 0 Å². The zero-order chi connectivity index (χ0) is 22.9. The van der Waals surface area contributed by atoms with Crippen LogP contribution in [0, 0.1) is 5.92 Å². The van der Waals surface area contributed by atoms with Gasteiger partial charge in [0, 0.05) is 18.2 Å². The second-order valence-electron chi connectivity index (χ2n) is 6.62. The second-order valence-corrected chi connectivity index (χ2v) is 6.62. The van der Waals surface area contributed by atoms with Crippen LogP contribution in [0.25, 0.3) is 6.08 Å². The molecule has 1 aromatic carbocycles. The van der Waals surface area contributed by atoms with Gasteiger partial charge in [0.15, 0.2) is 0 Å². The fourth-order valence-corrected chi connectivity index (χ4v) is 2.14. The summed E-state index contributed by atoms with van der Waals surface area (Å²) in [4.78, 5) is 32.2. The molecule has 0 aromatic heterocycles. The zero-order valence-electron chi connectivity index (χ0n) is 16.3. The van der Waals surface area contributed by atoms with E-state index in [0.717, 1.165) is 5.56 Å². The number of anilines is 1. The number of halogens is 3. The molecule has 30 heavy (non-hydrogen) atoms. The van der Waals surface area contributed by atoms with Crippen LogP contribution in [0.3, 0.4) is 0 Å². The Hall–Kier alpha value is -3.14. The third-order valence-corrected chi connectivity index (χ3v) is 3.86. The maximum absolute atomic E-state index is 12.1. The van der Waals surface area contributed by atoms with Crippen LogP contribution in [0.1, 0.15) is 25.8 Å². The Kier molecular flexibility index (Phi) is 9.25. The van der Waals surface area contributed by atoms with E-state index in [1.54, 1.807) is 6.08 Å². The van der Waals surface area contributed by atoms with Crippen molar-refractivity contribution in [3.63, 3.8) is 0 Å². The Labute approximate surface area is 171 Å². The lowest BCUT2D eigenvalue weighted by molar-refractivity contribution is -0.192. The van der Waals surface area contributed by atoms with E-state index < -0.39 is 18.2 Å². The average molecular weight is 428 g/mol. The number of para-hydroxylation sites is 1. The standard InChI is InChI=1S/C18H22N2O3.C2HF3O2/c1-12(2)17(19)18(22)20-15-8-4-3-6-13(15)10-11-14-7-5-9-16(21)23-14;3-2(4,5)1(6)7/h3-6,8-12,14,17H,7,19H2,1-2H3,(H,20,22);(H,6,7)/b11-10+;/t14-,17+;/m1./s1. The van der Waals surface area contributed by atoms with Crippen LogP contribution in [0.5, 0.6) is 0 Å². The SMILES string of the molecule is CC(C)[C@H](N)C(=O)Nc1ccccc1/C=C/[C@H]1CC=CC(=O)O1.O=C(O)C(F)(F)F. The van der Waals surface area contributed by atoms with E-state index in [9.17, 15) is 22.8 Å². The van der Waals surface area contributed by atoms with Gasteiger partial charge in [-0.15, -0.1) is 0 Å². The molecule has 4 N–H and O–H groups in total. The molecule has 1 amide bonds. The first-order chi connectivity index (χ1) is 13.9. The summed E-state index contributed by atoms with van der Waals surface area (Å²) in [6, 6.07) is 6.86. The van der Waals surface area contributed by atoms with Crippen molar-refractivity contribution in [2.75, 3.05) is 5.32 Å². The minimum atomic E-state index is -5.08. The van der Waals surface area contributed by atoms with Gasteiger partial charge in [-0.3, -0.25) is 4.79 Å². The lowest BCUT2D eigenvalue weighted by Crippen LogP contribution is -2.39. The Morgan fingerprint density at radius 2 is 1.90 bits per heavy atom. The normalized spacial score (nSPS) is 17.2. The van der Waals surface area contributed by atoms with E-state index in [2.05, 4.69) is 5.32 Å². The summed E-state index contributed by atoms with van der Waals surface area (Å²) < 4.78 is 36.9. The lowest BCUT2D eigenvalue weighted by Gasteiger charge is -2.17. The number of hydrogen-bond acceptors (Lipinski definition) is 5. The first-order valence-electron chi connectivity index (χ1n) is 8.92. The molecule has 2 rings (SSSR count). The molecular formula is C20H23F3N2O5. The van der Waals surface area contributed by atoms with Crippen molar-refractivity contribution >= 4 is 29.6 Å². The summed E-state index contributed by atoms with van der Waals surface area (Å²) in [5.74, 6) is -3.25. The smallest absolute Gasteiger partial charge is 0.475 e. The molecule has 0 saturated carbocycles. The third-order valence-electron chi connectivity index (χ3n) is 3.86. The zero-order valence-corrected chi connectivity index (χ0v) is 16.3. The monoisotopic (exact) mass is 428 g/mol. The quantitative estimate of drug-likeness (QED) is 0.620. The number of carbonyl (C=O) groups is 3. The summed E-state index contributed by atoms with van der Waals surface area (Å²) in [6.07, 6.45) is 2.15. The molecule has 7 nitrogen and oxygen atoms in total. The molecule has 0 aliphatic carbocycles. The van der Waals surface area contributed by atoms with Crippen molar-refractivity contribution in [3.05, 3.63) is 48.1 Å². The van der Waals surface area contributed by atoms with Crippen LogP contribution in [0.2, 0.25) is 0 Å². The molecule has 0 radical (unpaired) electrons. The maximum Gasteiger partial charge on any atom is 0.490 e. The van der Waals surface area contributed by atoms with E-state index in [1.165, 1.54) is 6.08 Å². The van der Waals surface area contributed by atoms with Crippen LogP contribution in [0.15, 0.2) is 42.5 Å². The van der Waals surface area contributed by atoms with Gasteiger partial charge in [-0.25, -0.2) is 9.59 Å². The maximum atomic E-state index is 12.1. The Morgan fingerprint density at radius 3 is 2.43 bits per heavy atom. The molecule has 1 heterocycles. The fourth-order valence-electron chi connectivity index (χ4n) is 2.14. The van der Waals surface area contributed by atoms with Crippen molar-refractivity contribution in [2.45, 2.75) is 38.6 Å². The lowest BCUT2D eigenvalue weighted by atomic mass is 10.0. The van der Waals surface area contributed by atoms with Crippen molar-refractivity contribution in [3.8, 4) is 0 Å². The molecule has 164 valence electrons. The van der Waals surface area contributed by atoms with E-state index >= 15 is 0 Å². The molecule has 10 heteroatoms. The van der Waals surface area contributed by atoms with Gasteiger partial charge in [0.25, 0.3) is 0 Å². The number of aliphatic carboxylic acids is 1. The number of carboxylic acids is 1. The number of esters is 1. The number of ether oxygens (including phenoxy) is 1. The molecule has 1 aromatic rings. The van der Waals surface area contributed by atoms with E-state index in [-0.39, 0.29) is 23.9 Å². The molecule has 1 aliphatic rings. The van der Waals surface area contributed by atoms with Crippen LogP contribution in [-0.2, 0) is 19.1 Å². The number of cyclic esters (lactones) is 1. The number of amides is 1. The highest BCUT2D eigenvalue weighted by Crippen LogP contribution is 2.19. The number of benzene rings is 1. The molecule has 0 bridgehead atoms. The predicted octanol–water partition coefficient (Wildman–Crippen LogP) is 3.13. The van der Waals surface area contributed by atoms with Crippen LogP contribution >= 0.6 is 0 Å². The third kappa shape index (κ3) is 8.48. The summed E-state index contributed by atoms with van der Waals surface area (Å²) in [5, 5.41) is 9.98. The molecule has 0 spiro atoms. The Bertz CT molecular complexity index is 819. The molecule has 0 fully saturated rings. The van der Waals surface area contributed by atoms with E-state index in [1.807, 2.05) is 50.3 Å². The van der Waals surface area contributed by atoms with Gasteiger partial charge in [0.05, 0.1) is 6.04 Å². The van der Waals surface area contributed by atoms with E-state index in [0.29, 0.717) is 12.1 Å². The first-order valence-corrected chi connectivity index (χ1v) is 8.92. The van der Waals surface area contributed by atoms with Gasteiger partial charge < -0.3 is 20.9 Å². The average Bonchev–Trinajstić information content (AvgIpc) is 2.66. The topological polar surface area (TPSA) is 119 Å². The van der Waals surface area contributed by atoms with Crippen LogP contribution < -0.4 is 11.1 Å². The predicted molar refractivity (Wildman–Crippen MR) is 104 cm³/mol. The molecular weight excluding hydrogens is 405 g/mol. The Morgan fingerprint density at radius 1 is 1.30 bits per heavy atom. The molecule has 1 aliphatic heterocycles. The number of nitrogens with one attached hydrogen (secondary N) is 1. The van der Waals surface area contributed by atoms with Gasteiger partial charge in [-0.2, -0.15) is 13.2 Å².